The molecule has 0 radical (unpaired) electrons. The molecule has 0 aromatic heterocycles. The van der Waals surface area contributed by atoms with Crippen LogP contribution in [0.25, 0.3) is 0 Å². The zero-order valence-corrected chi connectivity index (χ0v) is 14.6. The molecule has 0 atom stereocenters. The van der Waals surface area contributed by atoms with Crippen molar-refractivity contribution in [3.8, 4) is 0 Å². The second-order valence-corrected chi connectivity index (χ2v) is 6.70. The normalized spacial score (nSPS) is 16.6. The van der Waals surface area contributed by atoms with E-state index < -0.39 is 0 Å². The molecule has 4 heteroatoms. The van der Waals surface area contributed by atoms with E-state index in [2.05, 4.69) is 44.2 Å². The molecule has 3 rings (SSSR count). The summed E-state index contributed by atoms with van der Waals surface area (Å²) < 4.78 is 0. The van der Waals surface area contributed by atoms with Crippen molar-refractivity contribution in [1.29, 1.82) is 0 Å². The summed E-state index contributed by atoms with van der Waals surface area (Å²) in [6, 6.07) is 16.8. The highest BCUT2D eigenvalue weighted by molar-refractivity contribution is 8.14. The second-order valence-electron chi connectivity index (χ2n) is 5.76. The van der Waals surface area contributed by atoms with E-state index in [4.69, 9.17) is 10.1 Å². The first kappa shape index (κ1) is 15.8. The summed E-state index contributed by atoms with van der Waals surface area (Å²) in [5.41, 5.74) is 6.12. The first-order valence-corrected chi connectivity index (χ1v) is 8.72. The minimum absolute atomic E-state index is 0.696. The van der Waals surface area contributed by atoms with Crippen molar-refractivity contribution in [3.05, 3.63) is 70.8 Å². The fraction of sp³-hybridized carbons (Fsp3) is 0.263. The molecule has 3 nitrogen and oxygen atoms in total. The minimum atomic E-state index is 0.696. The largest absolute Gasteiger partial charge is 0.256 e. The first-order chi connectivity index (χ1) is 11.1. The van der Waals surface area contributed by atoms with E-state index in [9.17, 15) is 0 Å². The van der Waals surface area contributed by atoms with E-state index in [1.54, 1.807) is 11.8 Å². The third-order valence-electron chi connectivity index (χ3n) is 3.83. The molecule has 118 valence electrons. The van der Waals surface area contributed by atoms with Crippen LogP contribution in [0.3, 0.4) is 0 Å². The maximum atomic E-state index is 4.75. The number of rotatable bonds is 3. The molecule has 2 aromatic carbocycles. The molecular weight excluding hydrogens is 302 g/mol. The predicted octanol–water partition coefficient (Wildman–Crippen LogP) is 4.24. The molecule has 0 fully saturated rings. The second kappa shape index (κ2) is 7.01. The monoisotopic (exact) mass is 323 g/mol. The van der Waals surface area contributed by atoms with Crippen molar-refractivity contribution < 1.29 is 0 Å². The Bertz CT molecular complexity index is 750. The van der Waals surface area contributed by atoms with Gasteiger partial charge in [-0.3, -0.25) is 4.99 Å². The Morgan fingerprint density at radius 1 is 1.13 bits per heavy atom. The molecule has 23 heavy (non-hydrogen) atoms. The summed E-state index contributed by atoms with van der Waals surface area (Å²) in [6.07, 6.45) is 0. The average Bonchev–Trinajstić information content (AvgIpc) is 2.57. The van der Waals surface area contributed by atoms with Crippen LogP contribution in [0.15, 0.2) is 58.6 Å². The van der Waals surface area contributed by atoms with E-state index in [-0.39, 0.29) is 0 Å². The number of amidine groups is 1. The van der Waals surface area contributed by atoms with Gasteiger partial charge in [-0.15, -0.1) is 0 Å². The average molecular weight is 323 g/mol. The van der Waals surface area contributed by atoms with Crippen LogP contribution in [0.1, 0.15) is 22.3 Å². The zero-order chi connectivity index (χ0) is 16.2. The van der Waals surface area contributed by atoms with Gasteiger partial charge in [-0.1, -0.05) is 59.8 Å². The number of thioether (sulfide) groups is 1. The fourth-order valence-corrected chi connectivity index (χ4v) is 3.41. The molecule has 2 aromatic rings. The summed E-state index contributed by atoms with van der Waals surface area (Å²) in [6.45, 7) is 4.96. The minimum Gasteiger partial charge on any atom is -0.256 e. The maximum Gasteiger partial charge on any atom is 0.180 e. The third kappa shape index (κ3) is 3.82. The van der Waals surface area contributed by atoms with Crippen molar-refractivity contribution in [2.75, 3.05) is 12.8 Å². The molecule has 0 aliphatic carbocycles. The Morgan fingerprint density at radius 3 is 2.65 bits per heavy atom. The molecule has 0 saturated carbocycles. The van der Waals surface area contributed by atoms with Crippen LogP contribution in [0.4, 0.5) is 0 Å². The number of hydrogen-bond donors (Lipinski definition) is 0. The number of aliphatic imine (C=N–C) groups is 1. The summed E-state index contributed by atoms with van der Waals surface area (Å²) in [5, 5.41) is 7.62. The number of aryl methyl sites for hydroxylation is 2. The molecule has 0 bridgehead atoms. The Balaban J connectivity index is 1.78. The van der Waals surface area contributed by atoms with Gasteiger partial charge >= 0.3 is 0 Å². The van der Waals surface area contributed by atoms with E-state index in [0.717, 1.165) is 16.6 Å². The quantitative estimate of drug-likeness (QED) is 0.845. The van der Waals surface area contributed by atoms with E-state index in [0.29, 0.717) is 6.54 Å². The smallest absolute Gasteiger partial charge is 0.180 e. The SMILES string of the molecule is Cc1ccc(C)c(C2=NN(C)C(=NCc3ccccc3)SC2)c1. The van der Waals surface area contributed by atoms with Gasteiger partial charge in [0.1, 0.15) is 0 Å². The van der Waals surface area contributed by atoms with E-state index in [1.807, 2.05) is 30.3 Å². The van der Waals surface area contributed by atoms with Gasteiger partial charge in [0.15, 0.2) is 5.17 Å². The Morgan fingerprint density at radius 2 is 1.91 bits per heavy atom. The lowest BCUT2D eigenvalue weighted by molar-refractivity contribution is 0.550. The molecule has 0 unspecified atom stereocenters. The van der Waals surface area contributed by atoms with Gasteiger partial charge in [0.25, 0.3) is 0 Å². The molecule has 1 aliphatic rings. The molecule has 0 spiro atoms. The maximum absolute atomic E-state index is 4.75. The van der Waals surface area contributed by atoms with Crippen molar-refractivity contribution in [2.24, 2.45) is 10.1 Å². The Labute approximate surface area is 142 Å². The molecule has 0 saturated heterocycles. The highest BCUT2D eigenvalue weighted by atomic mass is 32.2. The molecule has 0 amide bonds. The molecule has 0 N–H and O–H groups in total. The number of hydrazone groups is 1. The summed E-state index contributed by atoms with van der Waals surface area (Å²) >= 11 is 1.75. The van der Waals surface area contributed by atoms with E-state index >= 15 is 0 Å². The lowest BCUT2D eigenvalue weighted by Crippen LogP contribution is -2.28. The van der Waals surface area contributed by atoms with Gasteiger partial charge in [-0.25, -0.2) is 5.01 Å². The van der Waals surface area contributed by atoms with Crippen LogP contribution in [-0.2, 0) is 6.54 Å². The fourth-order valence-electron chi connectivity index (χ4n) is 2.55. The van der Waals surface area contributed by atoms with Crippen molar-refractivity contribution in [2.45, 2.75) is 20.4 Å². The van der Waals surface area contributed by atoms with Crippen molar-refractivity contribution >= 4 is 22.6 Å². The van der Waals surface area contributed by atoms with Crippen LogP contribution in [0.5, 0.6) is 0 Å². The zero-order valence-electron chi connectivity index (χ0n) is 13.8. The van der Waals surface area contributed by atoms with Crippen molar-refractivity contribution in [1.82, 2.24) is 5.01 Å². The van der Waals surface area contributed by atoms with Crippen LogP contribution >= 0.6 is 11.8 Å². The highest BCUT2D eigenvalue weighted by Gasteiger charge is 2.18. The van der Waals surface area contributed by atoms with E-state index in [1.165, 1.54) is 22.3 Å². The van der Waals surface area contributed by atoms with Gasteiger partial charge in [0, 0.05) is 18.4 Å². The lowest BCUT2D eigenvalue weighted by atomic mass is 10.0. The van der Waals surface area contributed by atoms with Gasteiger partial charge in [0.2, 0.25) is 0 Å². The van der Waals surface area contributed by atoms with Crippen LogP contribution < -0.4 is 0 Å². The van der Waals surface area contributed by atoms with Crippen LogP contribution in [0, 0.1) is 13.8 Å². The van der Waals surface area contributed by atoms with Gasteiger partial charge in [-0.05, 0) is 31.0 Å². The number of benzene rings is 2. The highest BCUT2D eigenvalue weighted by Crippen LogP contribution is 2.22. The van der Waals surface area contributed by atoms with Gasteiger partial charge < -0.3 is 0 Å². The Kier molecular flexibility index (Phi) is 4.82. The van der Waals surface area contributed by atoms with Crippen molar-refractivity contribution in [3.63, 3.8) is 0 Å². The standard InChI is InChI=1S/C19H21N3S/c1-14-9-10-15(2)17(11-14)18-13-23-19(22(3)21-18)20-12-16-7-5-4-6-8-16/h4-11H,12-13H2,1-3H3. The summed E-state index contributed by atoms with van der Waals surface area (Å²) in [7, 11) is 1.97. The van der Waals surface area contributed by atoms with Crippen LogP contribution in [-0.4, -0.2) is 28.7 Å². The molecule has 1 heterocycles. The molecular formula is C19H21N3S. The first-order valence-electron chi connectivity index (χ1n) is 7.73. The lowest BCUT2D eigenvalue weighted by Gasteiger charge is -2.23. The van der Waals surface area contributed by atoms with Gasteiger partial charge in [-0.2, -0.15) is 5.10 Å². The van der Waals surface area contributed by atoms with Gasteiger partial charge in [0.05, 0.1) is 12.3 Å². The number of nitrogens with zero attached hydrogens (tertiary/aromatic N) is 3. The molecule has 1 aliphatic heterocycles. The summed E-state index contributed by atoms with van der Waals surface area (Å²) in [4.78, 5) is 4.70. The topological polar surface area (TPSA) is 28.0 Å². The Hall–Kier alpha value is -2.07. The third-order valence-corrected chi connectivity index (χ3v) is 4.90. The van der Waals surface area contributed by atoms with Crippen LogP contribution in [0.2, 0.25) is 0 Å². The summed E-state index contributed by atoms with van der Waals surface area (Å²) in [5.74, 6) is 0.863. The number of hydrogen-bond acceptors (Lipinski definition) is 3. The predicted molar refractivity (Wildman–Crippen MR) is 100 cm³/mol.